The highest BCUT2D eigenvalue weighted by Gasteiger charge is 2.29. The van der Waals surface area contributed by atoms with Crippen molar-refractivity contribution in [2.45, 2.75) is 25.3 Å². The Balaban J connectivity index is 1.87. The maximum absolute atomic E-state index is 14.2. The van der Waals surface area contributed by atoms with Crippen molar-refractivity contribution >= 4 is 17.9 Å². The van der Waals surface area contributed by atoms with E-state index >= 15 is 0 Å². The fraction of sp³-hybridized carbons (Fsp3) is 0.167. The molecular weight excluding hydrogens is 349 g/mol. The molecule has 0 unspecified atom stereocenters. The zero-order chi connectivity index (χ0) is 19.0. The van der Waals surface area contributed by atoms with E-state index < -0.39 is 7.29 Å². The number of rotatable bonds is 9. The summed E-state index contributed by atoms with van der Waals surface area (Å²) >= 11 is 0. The molecule has 0 aliphatic heterocycles. The molecule has 0 fully saturated rings. The fourth-order valence-electron chi connectivity index (χ4n) is 3.25. The van der Waals surface area contributed by atoms with Crippen LogP contribution < -0.4 is 15.7 Å². The number of benzene rings is 3. The highest BCUT2D eigenvalue weighted by Crippen LogP contribution is 2.40. The quantitative estimate of drug-likeness (QED) is 0.417. The van der Waals surface area contributed by atoms with Gasteiger partial charge in [0.05, 0.1) is 0 Å². The van der Waals surface area contributed by atoms with Gasteiger partial charge in [0, 0.05) is 16.7 Å². The summed E-state index contributed by atoms with van der Waals surface area (Å²) in [5, 5.41) is 5.19. The second-order valence-corrected chi connectivity index (χ2v) is 9.16. The second kappa shape index (κ2) is 9.50. The Hall–Kier alpha value is -2.41. The molecule has 0 saturated heterocycles. The van der Waals surface area contributed by atoms with Gasteiger partial charge in [0.1, 0.15) is 0 Å². The highest BCUT2D eigenvalue weighted by molar-refractivity contribution is 7.76. The van der Waals surface area contributed by atoms with Crippen LogP contribution in [-0.4, -0.2) is 6.04 Å². The summed E-state index contributed by atoms with van der Waals surface area (Å²) in [5.74, 6) is 0. The molecule has 27 heavy (non-hydrogen) atoms. The first-order chi connectivity index (χ1) is 13.2. The lowest BCUT2D eigenvalue weighted by Gasteiger charge is -2.26. The van der Waals surface area contributed by atoms with Crippen LogP contribution in [-0.2, 0) is 11.0 Å². The Morgan fingerprint density at radius 1 is 0.815 bits per heavy atom. The zero-order valence-electron chi connectivity index (χ0n) is 15.5. The summed E-state index contributed by atoms with van der Waals surface area (Å²) in [5.41, 5.74) is 1.29. The molecule has 3 heteroatoms. The van der Waals surface area contributed by atoms with E-state index in [2.05, 4.69) is 35.9 Å². The van der Waals surface area contributed by atoms with Crippen LogP contribution in [0.2, 0.25) is 0 Å². The van der Waals surface area contributed by atoms with E-state index in [1.165, 1.54) is 5.56 Å². The minimum atomic E-state index is -2.93. The summed E-state index contributed by atoms with van der Waals surface area (Å²) in [7, 11) is -2.93. The predicted molar refractivity (Wildman–Crippen MR) is 116 cm³/mol. The Labute approximate surface area is 162 Å². The molecule has 0 heterocycles. The van der Waals surface area contributed by atoms with Gasteiger partial charge in [-0.15, -0.1) is 6.58 Å². The lowest BCUT2D eigenvalue weighted by molar-refractivity contribution is 0.536. The topological polar surface area (TPSA) is 29.1 Å². The first-order valence-corrected chi connectivity index (χ1v) is 11.1. The number of nitrogens with one attached hydrogen (secondary N) is 1. The Kier molecular flexibility index (Phi) is 6.81. The van der Waals surface area contributed by atoms with Crippen molar-refractivity contribution in [1.29, 1.82) is 0 Å². The zero-order valence-corrected chi connectivity index (χ0v) is 16.4. The van der Waals surface area contributed by atoms with Crippen molar-refractivity contribution in [3.8, 4) is 0 Å². The first kappa shape index (κ1) is 19.4. The van der Waals surface area contributed by atoms with Crippen molar-refractivity contribution in [2.75, 3.05) is 0 Å². The molecule has 0 aliphatic rings. The van der Waals surface area contributed by atoms with Crippen LogP contribution in [0.4, 0.5) is 0 Å². The molecule has 3 aromatic carbocycles. The third-order valence-electron chi connectivity index (χ3n) is 4.68. The van der Waals surface area contributed by atoms with Crippen molar-refractivity contribution in [3.05, 3.63) is 109 Å². The maximum Gasteiger partial charge on any atom is 0.204 e. The summed E-state index contributed by atoms with van der Waals surface area (Å²) in [4.78, 5) is 0. The molecule has 2 nitrogen and oxygen atoms in total. The van der Waals surface area contributed by atoms with Gasteiger partial charge in [-0.25, -0.2) is 0 Å². The summed E-state index contributed by atoms with van der Waals surface area (Å²) in [6, 6.07) is 30.0. The van der Waals surface area contributed by atoms with Crippen molar-refractivity contribution in [2.24, 2.45) is 0 Å². The Bertz CT molecular complexity index is 835. The van der Waals surface area contributed by atoms with Gasteiger partial charge >= 0.3 is 0 Å². The summed E-state index contributed by atoms with van der Waals surface area (Å²) < 4.78 is 14.2. The van der Waals surface area contributed by atoms with Gasteiger partial charge < -0.3 is 0 Å². The van der Waals surface area contributed by atoms with Gasteiger partial charge in [-0.1, -0.05) is 72.8 Å². The molecule has 0 amide bonds. The van der Waals surface area contributed by atoms with Crippen LogP contribution >= 0.6 is 7.29 Å². The van der Waals surface area contributed by atoms with E-state index in [4.69, 9.17) is 0 Å². The van der Waals surface area contributed by atoms with Gasteiger partial charge in [0.25, 0.3) is 0 Å². The summed E-state index contributed by atoms with van der Waals surface area (Å²) in [6.45, 7) is 3.90. The molecule has 1 N–H and O–H groups in total. The van der Waals surface area contributed by atoms with Gasteiger partial charge in [0.15, 0.2) is 0 Å². The van der Waals surface area contributed by atoms with Crippen LogP contribution in [0.25, 0.3) is 0 Å². The molecule has 138 valence electrons. The smallest absolute Gasteiger partial charge is 0.204 e. The van der Waals surface area contributed by atoms with Gasteiger partial charge in [0.2, 0.25) is 7.29 Å². The van der Waals surface area contributed by atoms with E-state index in [1.54, 1.807) is 0 Å². The average molecular weight is 375 g/mol. The number of hydrogen-bond acceptors (Lipinski definition) is 1. The van der Waals surface area contributed by atoms with Gasteiger partial charge in [-0.2, -0.15) is 0 Å². The van der Waals surface area contributed by atoms with Crippen molar-refractivity contribution in [1.82, 2.24) is 5.09 Å². The van der Waals surface area contributed by atoms with Crippen LogP contribution in [0.3, 0.4) is 0 Å². The van der Waals surface area contributed by atoms with Crippen molar-refractivity contribution in [3.63, 3.8) is 0 Å². The molecule has 0 saturated carbocycles. The van der Waals surface area contributed by atoms with Crippen LogP contribution in [0.1, 0.15) is 18.4 Å². The minimum absolute atomic E-state index is 0.0916. The SMILES string of the molecule is C=CC[C@H](CCc1ccccc1)NP(=O)(c1ccccc1)c1ccccc1. The number of hydrogen-bond donors (Lipinski definition) is 1. The molecule has 0 bridgehead atoms. The predicted octanol–water partition coefficient (Wildman–Crippen LogP) is 5.08. The lowest BCUT2D eigenvalue weighted by Crippen LogP contribution is -2.35. The van der Waals surface area contributed by atoms with E-state index in [9.17, 15) is 4.57 Å². The molecule has 0 radical (unpaired) electrons. The first-order valence-electron chi connectivity index (χ1n) is 9.36. The van der Waals surface area contributed by atoms with Crippen LogP contribution in [0.15, 0.2) is 104 Å². The third kappa shape index (κ3) is 5.07. The third-order valence-corrected chi connectivity index (χ3v) is 7.46. The average Bonchev–Trinajstić information content (AvgIpc) is 2.74. The molecule has 3 rings (SSSR count). The van der Waals surface area contributed by atoms with E-state index in [0.717, 1.165) is 29.9 Å². The monoisotopic (exact) mass is 375 g/mol. The molecule has 3 aromatic rings. The maximum atomic E-state index is 14.2. The number of aryl methyl sites for hydroxylation is 1. The summed E-state index contributed by atoms with van der Waals surface area (Å²) in [6.07, 6.45) is 4.52. The van der Waals surface area contributed by atoms with E-state index in [0.29, 0.717) is 0 Å². The Morgan fingerprint density at radius 2 is 1.30 bits per heavy atom. The normalized spacial score (nSPS) is 12.4. The second-order valence-electron chi connectivity index (χ2n) is 6.66. The van der Waals surface area contributed by atoms with Crippen molar-refractivity contribution < 1.29 is 4.57 Å². The van der Waals surface area contributed by atoms with Gasteiger partial charge in [-0.05, 0) is 49.1 Å². The largest absolute Gasteiger partial charge is 0.297 e. The van der Waals surface area contributed by atoms with Crippen LogP contribution in [0, 0.1) is 0 Å². The molecular formula is C24H26NOP. The van der Waals surface area contributed by atoms with Gasteiger partial charge in [-0.3, -0.25) is 9.65 Å². The Morgan fingerprint density at radius 3 is 1.78 bits per heavy atom. The van der Waals surface area contributed by atoms with Crippen LogP contribution in [0.5, 0.6) is 0 Å². The van der Waals surface area contributed by atoms with E-state index in [-0.39, 0.29) is 6.04 Å². The highest BCUT2D eigenvalue weighted by atomic mass is 31.2. The molecule has 0 aromatic heterocycles. The molecule has 0 aliphatic carbocycles. The van der Waals surface area contributed by atoms with E-state index in [1.807, 2.05) is 72.8 Å². The lowest BCUT2D eigenvalue weighted by atomic mass is 10.0. The fourth-order valence-corrected chi connectivity index (χ4v) is 5.78. The minimum Gasteiger partial charge on any atom is -0.297 e. The standard InChI is InChI=1S/C24H26NOP/c1-2-12-22(20-19-21-13-6-3-7-14-21)25-27(26,23-15-8-4-9-16-23)24-17-10-5-11-18-24/h2-11,13-18,22H,1,12,19-20H2,(H,25,26)/t22-/m1/s1. The molecule has 1 atom stereocenters. The molecule has 0 spiro atoms.